The molecule has 0 unspecified atom stereocenters. The largest absolute Gasteiger partial charge is 0.416 e. The van der Waals surface area contributed by atoms with Crippen molar-refractivity contribution in [3.05, 3.63) is 35.1 Å². The van der Waals surface area contributed by atoms with Gasteiger partial charge in [0, 0.05) is 18.4 Å². The number of aryl methyl sites for hydroxylation is 1. The van der Waals surface area contributed by atoms with Crippen LogP contribution in [0.5, 0.6) is 0 Å². The zero-order valence-corrected chi connectivity index (χ0v) is 10.8. The maximum absolute atomic E-state index is 12.7. The molecule has 1 N–H and O–H groups in total. The lowest BCUT2D eigenvalue weighted by molar-refractivity contribution is -0.137. The van der Waals surface area contributed by atoms with Crippen LogP contribution in [0.2, 0.25) is 0 Å². The summed E-state index contributed by atoms with van der Waals surface area (Å²) in [5, 5.41) is 8.66. The summed E-state index contributed by atoms with van der Waals surface area (Å²) in [6, 6.07) is 3.41. The molecule has 1 aliphatic rings. The normalized spacial score (nSPS) is 15.9. The van der Waals surface area contributed by atoms with Gasteiger partial charge in [0.1, 0.15) is 11.3 Å². The van der Waals surface area contributed by atoms with Gasteiger partial charge in [-0.2, -0.15) is 13.2 Å². The third kappa shape index (κ3) is 2.19. The molecule has 0 amide bonds. The lowest BCUT2D eigenvalue weighted by Crippen LogP contribution is -2.25. The average molecular weight is 281 g/mol. The first kappa shape index (κ1) is 13.1. The van der Waals surface area contributed by atoms with Crippen LogP contribution in [0.3, 0.4) is 0 Å². The van der Waals surface area contributed by atoms with Crippen LogP contribution >= 0.6 is 0 Å². The maximum Gasteiger partial charge on any atom is 0.416 e. The molecular weight excluding hydrogens is 267 g/mol. The molecule has 0 bridgehead atoms. The Bertz CT molecular complexity index is 716. The molecule has 3 rings (SSSR count). The van der Waals surface area contributed by atoms with E-state index in [2.05, 4.69) is 4.98 Å². The SMILES string of the molecule is N=c1c2ccc(C(F)(F)F)cc2nc2n1CCCCC2. The van der Waals surface area contributed by atoms with Crippen LogP contribution in [-0.4, -0.2) is 9.55 Å². The standard InChI is InChI=1S/C14H14F3N3/c15-14(16,17)9-5-6-10-11(8-9)19-12-4-2-1-3-7-20(12)13(10)18/h5-6,8,18H,1-4,7H2. The molecular formula is C14H14F3N3. The van der Waals surface area contributed by atoms with Crippen molar-refractivity contribution in [2.24, 2.45) is 0 Å². The monoisotopic (exact) mass is 281 g/mol. The number of fused-ring (bicyclic) bond motifs is 2. The lowest BCUT2D eigenvalue weighted by atomic mass is 10.1. The number of hydrogen-bond donors (Lipinski definition) is 1. The first-order valence-corrected chi connectivity index (χ1v) is 6.62. The minimum Gasteiger partial charge on any atom is -0.314 e. The Hall–Kier alpha value is -1.85. The summed E-state index contributed by atoms with van der Waals surface area (Å²) >= 11 is 0. The van der Waals surface area contributed by atoms with E-state index in [1.54, 1.807) is 0 Å². The second kappa shape index (κ2) is 4.61. The predicted molar refractivity (Wildman–Crippen MR) is 68.1 cm³/mol. The van der Waals surface area contributed by atoms with Gasteiger partial charge in [-0.1, -0.05) is 6.42 Å². The van der Waals surface area contributed by atoms with Crippen LogP contribution in [0, 0.1) is 5.41 Å². The fourth-order valence-electron chi connectivity index (χ4n) is 2.64. The predicted octanol–water partition coefficient (Wildman–Crippen LogP) is 3.26. The summed E-state index contributed by atoms with van der Waals surface area (Å²) in [4.78, 5) is 4.35. The van der Waals surface area contributed by atoms with E-state index in [0.29, 0.717) is 5.39 Å². The molecule has 3 nitrogen and oxygen atoms in total. The lowest BCUT2D eigenvalue weighted by Gasteiger charge is -2.13. The number of nitrogens with zero attached hydrogens (tertiary/aromatic N) is 2. The topological polar surface area (TPSA) is 41.7 Å². The van der Waals surface area contributed by atoms with Crippen LogP contribution in [-0.2, 0) is 19.1 Å². The Morgan fingerprint density at radius 3 is 2.70 bits per heavy atom. The Kier molecular flexibility index (Phi) is 3.03. The smallest absolute Gasteiger partial charge is 0.314 e. The first-order chi connectivity index (χ1) is 9.47. The number of benzene rings is 1. The third-order valence-corrected chi connectivity index (χ3v) is 3.69. The zero-order chi connectivity index (χ0) is 14.3. The minimum absolute atomic E-state index is 0.262. The van der Waals surface area contributed by atoms with Crippen LogP contribution in [0.1, 0.15) is 30.7 Å². The van der Waals surface area contributed by atoms with Gasteiger partial charge in [-0.25, -0.2) is 4.98 Å². The van der Waals surface area contributed by atoms with Gasteiger partial charge >= 0.3 is 6.18 Å². The second-order valence-corrected chi connectivity index (χ2v) is 5.07. The molecule has 0 aliphatic carbocycles. The summed E-state index contributed by atoms with van der Waals surface area (Å²) in [5.74, 6) is 0.722. The molecule has 1 aromatic carbocycles. The molecule has 6 heteroatoms. The van der Waals surface area contributed by atoms with E-state index >= 15 is 0 Å². The summed E-state index contributed by atoms with van der Waals surface area (Å²) in [6.45, 7) is 0.720. The number of alkyl halides is 3. The molecule has 1 aromatic heterocycles. The number of aromatic nitrogens is 2. The Morgan fingerprint density at radius 2 is 1.95 bits per heavy atom. The molecule has 0 spiro atoms. The van der Waals surface area contributed by atoms with E-state index in [9.17, 15) is 13.2 Å². The van der Waals surface area contributed by atoms with Gasteiger partial charge < -0.3 is 4.57 Å². The van der Waals surface area contributed by atoms with Crippen molar-refractivity contribution in [1.29, 1.82) is 5.41 Å². The van der Waals surface area contributed by atoms with Crippen molar-refractivity contribution in [3.8, 4) is 0 Å². The highest BCUT2D eigenvalue weighted by molar-refractivity contribution is 5.78. The Balaban J connectivity index is 2.25. The summed E-state index contributed by atoms with van der Waals surface area (Å²) in [5.41, 5.74) is -0.186. The Morgan fingerprint density at radius 1 is 1.15 bits per heavy atom. The van der Waals surface area contributed by atoms with E-state index in [-0.39, 0.29) is 11.0 Å². The highest BCUT2D eigenvalue weighted by Crippen LogP contribution is 2.30. The van der Waals surface area contributed by atoms with Crippen LogP contribution < -0.4 is 5.49 Å². The van der Waals surface area contributed by atoms with Gasteiger partial charge in [0.05, 0.1) is 11.1 Å². The average Bonchev–Trinajstić information content (AvgIpc) is 2.63. The van der Waals surface area contributed by atoms with E-state index in [4.69, 9.17) is 5.41 Å². The van der Waals surface area contributed by atoms with Gasteiger partial charge in [-0.15, -0.1) is 0 Å². The summed E-state index contributed by atoms with van der Waals surface area (Å²) < 4.78 is 40.0. The zero-order valence-electron chi connectivity index (χ0n) is 10.8. The van der Waals surface area contributed by atoms with Crippen molar-refractivity contribution >= 4 is 10.9 Å². The van der Waals surface area contributed by atoms with Gasteiger partial charge in [0.25, 0.3) is 0 Å². The van der Waals surface area contributed by atoms with Crippen LogP contribution in [0.4, 0.5) is 13.2 Å². The summed E-state index contributed by atoms with van der Waals surface area (Å²) in [6.07, 6.45) is -0.642. The van der Waals surface area contributed by atoms with Crippen molar-refractivity contribution < 1.29 is 13.2 Å². The fraction of sp³-hybridized carbons (Fsp3) is 0.429. The van der Waals surface area contributed by atoms with Crippen LogP contribution in [0.15, 0.2) is 18.2 Å². The number of rotatable bonds is 0. The maximum atomic E-state index is 12.7. The van der Waals surface area contributed by atoms with E-state index < -0.39 is 11.7 Å². The van der Waals surface area contributed by atoms with Gasteiger partial charge in [0.15, 0.2) is 0 Å². The van der Waals surface area contributed by atoms with Crippen molar-refractivity contribution in [2.75, 3.05) is 0 Å². The number of halogens is 3. The molecule has 106 valence electrons. The molecule has 20 heavy (non-hydrogen) atoms. The first-order valence-electron chi connectivity index (χ1n) is 6.62. The van der Waals surface area contributed by atoms with Crippen molar-refractivity contribution in [3.63, 3.8) is 0 Å². The van der Waals surface area contributed by atoms with Gasteiger partial charge in [0.2, 0.25) is 0 Å². The van der Waals surface area contributed by atoms with Crippen molar-refractivity contribution in [1.82, 2.24) is 9.55 Å². The van der Waals surface area contributed by atoms with Gasteiger partial charge in [-0.3, -0.25) is 5.41 Å². The minimum atomic E-state index is -4.38. The molecule has 0 radical (unpaired) electrons. The van der Waals surface area contributed by atoms with E-state index in [1.807, 2.05) is 4.57 Å². The Labute approximate surface area is 113 Å². The molecule has 2 aromatic rings. The van der Waals surface area contributed by atoms with Crippen molar-refractivity contribution in [2.45, 2.75) is 38.4 Å². The molecule has 0 saturated carbocycles. The van der Waals surface area contributed by atoms with Crippen LogP contribution in [0.25, 0.3) is 10.9 Å². The summed E-state index contributed by atoms with van der Waals surface area (Å²) in [7, 11) is 0. The highest BCUT2D eigenvalue weighted by atomic mass is 19.4. The van der Waals surface area contributed by atoms with E-state index in [1.165, 1.54) is 6.07 Å². The number of hydrogen-bond acceptors (Lipinski definition) is 2. The third-order valence-electron chi connectivity index (χ3n) is 3.69. The number of nitrogens with one attached hydrogen (secondary N) is 1. The van der Waals surface area contributed by atoms with Gasteiger partial charge in [-0.05, 0) is 31.0 Å². The molecule has 1 aliphatic heterocycles. The molecule has 2 heterocycles. The van der Waals surface area contributed by atoms with E-state index in [0.717, 1.165) is 50.2 Å². The molecule has 0 fully saturated rings. The second-order valence-electron chi connectivity index (χ2n) is 5.07. The molecule has 0 atom stereocenters. The molecule has 0 saturated heterocycles. The highest BCUT2D eigenvalue weighted by Gasteiger charge is 2.30. The quantitative estimate of drug-likeness (QED) is 0.791. The fourth-order valence-corrected chi connectivity index (χ4v) is 2.64.